The quantitative estimate of drug-likeness (QED) is 0.205. The summed E-state index contributed by atoms with van der Waals surface area (Å²) in [5.74, 6) is -3.02. The maximum atomic E-state index is 13.2. The summed E-state index contributed by atoms with van der Waals surface area (Å²) in [6.45, 7) is -0.439. The number of aliphatic hydroxyl groups excluding tert-OH is 1. The second-order valence-electron chi connectivity index (χ2n) is 9.69. The van der Waals surface area contributed by atoms with Gasteiger partial charge >= 0.3 is 5.97 Å². The van der Waals surface area contributed by atoms with E-state index in [0.29, 0.717) is 12.8 Å². The average Bonchev–Trinajstić information content (AvgIpc) is 3.59. The molecule has 3 aromatic rings. The number of carboxylic acids is 1. The van der Waals surface area contributed by atoms with Crippen LogP contribution < -0.4 is 16.4 Å². The lowest BCUT2D eigenvalue weighted by atomic mass is 10.0. The number of hydrogen-bond acceptors (Lipinski definition) is 6. The first kappa shape index (κ1) is 27.8. The van der Waals surface area contributed by atoms with Crippen molar-refractivity contribution in [3.63, 3.8) is 0 Å². The number of carbonyl (C=O) groups is 4. The standard InChI is InChI=1S/C28H33N5O6/c29-20(13-17-7-2-1-3-8-17)25(35)32-23(16-34)27(37)33-12-6-11-24(33)26(36)31-22(28(38)39)14-18-15-30-21-10-5-4-9-19(18)21/h1-5,7-10,15,20,22-24,30,34H,6,11-14,16,29H2,(H,31,36)(H,32,35)(H,38,39). The SMILES string of the molecule is NC(Cc1ccccc1)C(=O)NC(CO)C(=O)N1CCCC1C(=O)NC(Cc1c[nH]c2ccccc12)C(=O)O. The average molecular weight is 536 g/mol. The smallest absolute Gasteiger partial charge is 0.326 e. The van der Waals surface area contributed by atoms with Gasteiger partial charge in [-0.15, -0.1) is 0 Å². The number of aliphatic hydroxyl groups is 1. The van der Waals surface area contributed by atoms with Crippen LogP contribution in [0.5, 0.6) is 0 Å². The predicted molar refractivity (Wildman–Crippen MR) is 143 cm³/mol. The highest BCUT2D eigenvalue weighted by Gasteiger charge is 2.39. The van der Waals surface area contributed by atoms with Crippen molar-refractivity contribution in [1.82, 2.24) is 20.5 Å². The third-order valence-corrected chi connectivity index (χ3v) is 6.98. The summed E-state index contributed by atoms with van der Waals surface area (Å²) in [7, 11) is 0. The van der Waals surface area contributed by atoms with Crippen LogP contribution in [0.4, 0.5) is 0 Å². The first-order chi connectivity index (χ1) is 18.8. The van der Waals surface area contributed by atoms with Crippen LogP contribution in [0, 0.1) is 0 Å². The van der Waals surface area contributed by atoms with Gasteiger partial charge in [0.1, 0.15) is 18.1 Å². The second kappa shape index (κ2) is 12.5. The minimum Gasteiger partial charge on any atom is -0.480 e. The summed E-state index contributed by atoms with van der Waals surface area (Å²) < 4.78 is 0. The van der Waals surface area contributed by atoms with Crippen molar-refractivity contribution in [3.05, 3.63) is 71.9 Å². The van der Waals surface area contributed by atoms with Crippen LogP contribution in [-0.2, 0) is 32.0 Å². The van der Waals surface area contributed by atoms with Gasteiger partial charge in [0.05, 0.1) is 12.6 Å². The van der Waals surface area contributed by atoms with E-state index in [9.17, 15) is 29.4 Å². The third kappa shape index (κ3) is 6.62. The molecule has 4 rings (SSSR count). The number of aromatic nitrogens is 1. The molecule has 11 nitrogen and oxygen atoms in total. The molecule has 0 bridgehead atoms. The molecule has 1 aromatic heterocycles. The predicted octanol–water partition coefficient (Wildman–Crippen LogP) is 0.318. The van der Waals surface area contributed by atoms with E-state index in [1.807, 2.05) is 54.6 Å². The molecule has 1 saturated heterocycles. The summed E-state index contributed by atoms with van der Waals surface area (Å²) in [6, 6.07) is 12.3. The summed E-state index contributed by atoms with van der Waals surface area (Å²) in [5, 5.41) is 25.6. The van der Waals surface area contributed by atoms with Crippen molar-refractivity contribution in [2.75, 3.05) is 13.2 Å². The summed E-state index contributed by atoms with van der Waals surface area (Å²) in [5.41, 5.74) is 8.47. The number of aliphatic carboxylic acids is 1. The van der Waals surface area contributed by atoms with Crippen LogP contribution in [0.25, 0.3) is 10.9 Å². The monoisotopic (exact) mass is 535 g/mol. The molecule has 1 aliphatic rings. The number of rotatable bonds is 11. The maximum absolute atomic E-state index is 13.2. The Hall–Kier alpha value is -4.22. The number of likely N-dealkylation sites (tertiary alicyclic amines) is 1. The van der Waals surface area contributed by atoms with Gasteiger partial charge in [0.25, 0.3) is 0 Å². The molecule has 1 fully saturated rings. The molecule has 0 radical (unpaired) electrons. The van der Waals surface area contributed by atoms with Crippen molar-refractivity contribution < 1.29 is 29.4 Å². The molecule has 4 unspecified atom stereocenters. The number of aromatic amines is 1. The molecule has 0 saturated carbocycles. The zero-order chi connectivity index (χ0) is 27.9. The van der Waals surface area contributed by atoms with E-state index in [1.165, 1.54) is 4.90 Å². The van der Waals surface area contributed by atoms with Crippen LogP contribution >= 0.6 is 0 Å². The van der Waals surface area contributed by atoms with Gasteiger partial charge in [0, 0.05) is 30.1 Å². The van der Waals surface area contributed by atoms with Gasteiger partial charge in [-0.1, -0.05) is 48.5 Å². The normalized spacial score (nSPS) is 17.4. The van der Waals surface area contributed by atoms with E-state index in [1.54, 1.807) is 6.20 Å². The fourth-order valence-electron chi connectivity index (χ4n) is 4.92. The Bertz CT molecular complexity index is 1330. The number of carboxylic acid groups (broad SMARTS) is 1. The molecular formula is C28H33N5O6. The zero-order valence-electron chi connectivity index (χ0n) is 21.4. The van der Waals surface area contributed by atoms with Gasteiger partial charge in [0.2, 0.25) is 17.7 Å². The lowest BCUT2D eigenvalue weighted by Crippen LogP contribution is -2.58. The van der Waals surface area contributed by atoms with Crippen molar-refractivity contribution in [2.45, 2.75) is 49.9 Å². The Morgan fingerprint density at radius 1 is 1.00 bits per heavy atom. The number of para-hydroxylation sites is 1. The van der Waals surface area contributed by atoms with Gasteiger partial charge in [-0.25, -0.2) is 4.79 Å². The molecule has 2 heterocycles. The highest BCUT2D eigenvalue weighted by Crippen LogP contribution is 2.21. The van der Waals surface area contributed by atoms with Crippen molar-refractivity contribution in [3.8, 4) is 0 Å². The Morgan fingerprint density at radius 3 is 2.44 bits per heavy atom. The van der Waals surface area contributed by atoms with Crippen LogP contribution in [0.15, 0.2) is 60.8 Å². The molecule has 39 heavy (non-hydrogen) atoms. The number of nitrogens with zero attached hydrogens (tertiary/aromatic N) is 1. The molecular weight excluding hydrogens is 502 g/mol. The number of amides is 3. The summed E-state index contributed by atoms with van der Waals surface area (Å²) in [4.78, 5) is 55.4. The number of hydrogen-bond donors (Lipinski definition) is 6. The Balaban J connectivity index is 1.39. The topological polar surface area (TPSA) is 178 Å². The molecule has 1 aliphatic heterocycles. The van der Waals surface area contributed by atoms with E-state index >= 15 is 0 Å². The number of nitrogens with two attached hydrogens (primary N) is 1. The summed E-state index contributed by atoms with van der Waals surface area (Å²) in [6.07, 6.45) is 2.87. The highest BCUT2D eigenvalue weighted by atomic mass is 16.4. The lowest BCUT2D eigenvalue weighted by Gasteiger charge is -2.29. The van der Waals surface area contributed by atoms with E-state index in [-0.39, 0.29) is 19.4 Å². The largest absolute Gasteiger partial charge is 0.480 e. The maximum Gasteiger partial charge on any atom is 0.326 e. The number of carbonyl (C=O) groups excluding carboxylic acids is 3. The Kier molecular flexibility index (Phi) is 8.95. The van der Waals surface area contributed by atoms with Crippen LogP contribution in [0.1, 0.15) is 24.0 Å². The van der Waals surface area contributed by atoms with E-state index in [4.69, 9.17) is 5.73 Å². The van der Waals surface area contributed by atoms with Gasteiger partial charge in [-0.2, -0.15) is 0 Å². The molecule has 4 atom stereocenters. The first-order valence-electron chi connectivity index (χ1n) is 12.9. The number of fused-ring (bicyclic) bond motifs is 1. The Labute approximate surface area is 225 Å². The van der Waals surface area contributed by atoms with Crippen LogP contribution in [0.3, 0.4) is 0 Å². The Morgan fingerprint density at radius 2 is 1.72 bits per heavy atom. The lowest BCUT2D eigenvalue weighted by molar-refractivity contribution is -0.145. The summed E-state index contributed by atoms with van der Waals surface area (Å²) >= 11 is 0. The van der Waals surface area contributed by atoms with Crippen molar-refractivity contribution >= 4 is 34.6 Å². The number of nitrogens with one attached hydrogen (secondary N) is 3. The minimum atomic E-state index is -1.28. The van der Waals surface area contributed by atoms with E-state index in [2.05, 4.69) is 15.6 Å². The molecule has 0 spiro atoms. The molecule has 11 heteroatoms. The second-order valence-corrected chi connectivity index (χ2v) is 9.69. The highest BCUT2D eigenvalue weighted by molar-refractivity contribution is 5.95. The fraction of sp³-hybridized carbons (Fsp3) is 0.357. The molecule has 7 N–H and O–H groups in total. The molecule has 2 aromatic carbocycles. The van der Waals surface area contributed by atoms with Gasteiger partial charge < -0.3 is 36.5 Å². The van der Waals surface area contributed by atoms with Gasteiger partial charge in [-0.3, -0.25) is 14.4 Å². The zero-order valence-corrected chi connectivity index (χ0v) is 21.4. The molecule has 0 aliphatic carbocycles. The van der Waals surface area contributed by atoms with Crippen LogP contribution in [-0.4, -0.2) is 81.1 Å². The van der Waals surface area contributed by atoms with E-state index < -0.39 is 54.5 Å². The first-order valence-corrected chi connectivity index (χ1v) is 12.9. The fourth-order valence-corrected chi connectivity index (χ4v) is 4.92. The minimum absolute atomic E-state index is 0.0559. The van der Waals surface area contributed by atoms with Crippen molar-refractivity contribution in [2.24, 2.45) is 5.73 Å². The van der Waals surface area contributed by atoms with Crippen molar-refractivity contribution in [1.29, 1.82) is 0 Å². The van der Waals surface area contributed by atoms with Gasteiger partial charge in [-0.05, 0) is 36.5 Å². The number of benzene rings is 2. The van der Waals surface area contributed by atoms with E-state index in [0.717, 1.165) is 22.0 Å². The molecule has 3 amide bonds. The third-order valence-electron chi connectivity index (χ3n) is 6.98. The number of H-pyrrole nitrogens is 1. The van der Waals surface area contributed by atoms with Gasteiger partial charge in [0.15, 0.2) is 0 Å². The van der Waals surface area contributed by atoms with Crippen LogP contribution in [0.2, 0.25) is 0 Å². The molecule has 206 valence electrons.